The average molecular weight is 358 g/mol. The van der Waals surface area contributed by atoms with Gasteiger partial charge in [0.05, 0.1) is 21.3 Å². The third-order valence-corrected chi connectivity index (χ3v) is 4.20. The first-order chi connectivity index (χ1) is 12.5. The smallest absolute Gasteiger partial charge is 0.231 e. The second kappa shape index (κ2) is 7.47. The molecule has 0 aliphatic heterocycles. The molecule has 8 nitrogen and oxygen atoms in total. The maximum atomic E-state index is 11.8. The molecule has 1 aromatic carbocycles. The van der Waals surface area contributed by atoms with E-state index in [1.165, 1.54) is 0 Å². The fourth-order valence-corrected chi connectivity index (χ4v) is 2.63. The highest BCUT2D eigenvalue weighted by Gasteiger charge is 2.30. The highest BCUT2D eigenvalue weighted by molar-refractivity contribution is 5.92. The van der Waals surface area contributed by atoms with Crippen LogP contribution in [0.1, 0.15) is 24.0 Å². The zero-order chi connectivity index (χ0) is 18.7. The maximum absolute atomic E-state index is 11.8. The van der Waals surface area contributed by atoms with Crippen LogP contribution in [0.5, 0.6) is 17.2 Å². The Morgan fingerprint density at radius 2 is 1.85 bits per heavy atom. The van der Waals surface area contributed by atoms with Gasteiger partial charge < -0.3 is 19.9 Å². The van der Waals surface area contributed by atoms with Gasteiger partial charge in [-0.05, 0) is 30.5 Å². The van der Waals surface area contributed by atoms with E-state index < -0.39 is 0 Å². The van der Waals surface area contributed by atoms with Gasteiger partial charge in [-0.1, -0.05) is 0 Å². The van der Waals surface area contributed by atoms with Gasteiger partial charge in [-0.2, -0.15) is 4.98 Å². The summed E-state index contributed by atoms with van der Waals surface area (Å²) >= 11 is 0. The van der Waals surface area contributed by atoms with Crippen molar-refractivity contribution in [1.82, 2.24) is 9.97 Å². The van der Waals surface area contributed by atoms with E-state index in [1.54, 1.807) is 27.5 Å². The largest absolute Gasteiger partial charge is 0.493 e. The molecule has 0 radical (unpaired) electrons. The fourth-order valence-electron chi connectivity index (χ4n) is 2.63. The van der Waals surface area contributed by atoms with Gasteiger partial charge in [0.1, 0.15) is 5.82 Å². The van der Waals surface area contributed by atoms with E-state index in [2.05, 4.69) is 15.3 Å². The van der Waals surface area contributed by atoms with Gasteiger partial charge in [-0.25, -0.2) is 4.98 Å². The Labute approximate surface area is 151 Å². The summed E-state index contributed by atoms with van der Waals surface area (Å²) in [5, 5.41) is 2.69. The third kappa shape index (κ3) is 3.79. The summed E-state index contributed by atoms with van der Waals surface area (Å²) in [5.74, 6) is 2.24. The molecule has 1 heterocycles. The second-order valence-corrected chi connectivity index (χ2v) is 6.08. The molecule has 1 aliphatic carbocycles. The van der Waals surface area contributed by atoms with Crippen LogP contribution in [0.4, 0.5) is 11.8 Å². The molecule has 138 valence electrons. The Morgan fingerprint density at radius 3 is 2.35 bits per heavy atom. The maximum Gasteiger partial charge on any atom is 0.231 e. The lowest BCUT2D eigenvalue weighted by molar-refractivity contribution is -0.117. The number of rotatable bonds is 7. The lowest BCUT2D eigenvalue weighted by Gasteiger charge is -2.14. The van der Waals surface area contributed by atoms with Crippen molar-refractivity contribution >= 4 is 17.7 Å². The summed E-state index contributed by atoms with van der Waals surface area (Å²) in [5.41, 5.74) is 7.69. The Kier molecular flexibility index (Phi) is 5.11. The first kappa shape index (κ1) is 17.8. The minimum Gasteiger partial charge on any atom is -0.493 e. The van der Waals surface area contributed by atoms with Crippen LogP contribution in [0.15, 0.2) is 18.3 Å². The Hall–Kier alpha value is -3.03. The van der Waals surface area contributed by atoms with Gasteiger partial charge in [-0.3, -0.25) is 10.1 Å². The van der Waals surface area contributed by atoms with E-state index >= 15 is 0 Å². The highest BCUT2D eigenvalue weighted by Crippen LogP contribution is 2.38. The highest BCUT2D eigenvalue weighted by atomic mass is 16.5. The van der Waals surface area contributed by atoms with E-state index in [0.717, 1.165) is 24.0 Å². The molecule has 0 unspecified atom stereocenters. The quantitative estimate of drug-likeness (QED) is 0.779. The number of hydrogen-bond donors (Lipinski definition) is 2. The van der Waals surface area contributed by atoms with Gasteiger partial charge in [0.15, 0.2) is 11.5 Å². The van der Waals surface area contributed by atoms with Crippen LogP contribution in [-0.4, -0.2) is 37.2 Å². The molecule has 1 aliphatic rings. The summed E-state index contributed by atoms with van der Waals surface area (Å²) in [7, 11) is 4.69. The van der Waals surface area contributed by atoms with E-state index in [1.807, 2.05) is 12.1 Å². The minimum atomic E-state index is -0.0539. The molecule has 3 rings (SSSR count). The SMILES string of the molecule is COc1cc(Cc2cnc(NC(=O)C3CC3)nc2N)cc(OC)c1OC. The molecule has 1 saturated carbocycles. The summed E-state index contributed by atoms with van der Waals surface area (Å²) < 4.78 is 16.1. The van der Waals surface area contributed by atoms with Crippen LogP contribution < -0.4 is 25.3 Å². The normalized spacial score (nSPS) is 13.2. The summed E-state index contributed by atoms with van der Waals surface area (Å²) in [6, 6.07) is 3.70. The van der Waals surface area contributed by atoms with Crippen molar-refractivity contribution in [1.29, 1.82) is 0 Å². The van der Waals surface area contributed by atoms with E-state index in [9.17, 15) is 4.79 Å². The number of hydrogen-bond acceptors (Lipinski definition) is 7. The summed E-state index contributed by atoms with van der Waals surface area (Å²) in [6.07, 6.45) is 3.94. The Bertz CT molecular complexity index is 796. The van der Waals surface area contributed by atoms with Crippen LogP contribution in [0.25, 0.3) is 0 Å². The number of amides is 1. The fraction of sp³-hybridized carbons (Fsp3) is 0.389. The number of nitrogens with zero attached hydrogens (tertiary/aromatic N) is 2. The van der Waals surface area contributed by atoms with E-state index in [4.69, 9.17) is 19.9 Å². The molecule has 26 heavy (non-hydrogen) atoms. The van der Waals surface area contributed by atoms with Gasteiger partial charge >= 0.3 is 0 Å². The molecule has 0 atom stereocenters. The standard InChI is InChI=1S/C18H22N4O4/c1-24-13-7-10(8-14(25-2)15(13)26-3)6-12-9-20-18(21-16(12)19)22-17(23)11-4-5-11/h7-9,11H,4-6H2,1-3H3,(H3,19,20,21,22,23). The van der Waals surface area contributed by atoms with E-state index in [0.29, 0.717) is 29.5 Å². The number of nitrogen functional groups attached to an aromatic ring is 1. The number of anilines is 2. The Balaban J connectivity index is 1.80. The van der Waals surface area contributed by atoms with Crippen molar-refractivity contribution in [3.63, 3.8) is 0 Å². The second-order valence-electron chi connectivity index (χ2n) is 6.08. The van der Waals surface area contributed by atoms with Crippen molar-refractivity contribution in [2.75, 3.05) is 32.4 Å². The molecule has 0 saturated heterocycles. The number of methoxy groups -OCH3 is 3. The molecule has 1 fully saturated rings. The molecule has 3 N–H and O–H groups in total. The first-order valence-corrected chi connectivity index (χ1v) is 8.26. The monoisotopic (exact) mass is 358 g/mol. The lowest BCUT2D eigenvalue weighted by Crippen LogP contribution is -2.16. The molecule has 8 heteroatoms. The van der Waals surface area contributed by atoms with Crippen molar-refractivity contribution in [3.05, 3.63) is 29.5 Å². The zero-order valence-corrected chi connectivity index (χ0v) is 15.0. The van der Waals surface area contributed by atoms with Crippen LogP contribution in [0, 0.1) is 5.92 Å². The number of nitrogens with one attached hydrogen (secondary N) is 1. The van der Waals surface area contributed by atoms with E-state index in [-0.39, 0.29) is 17.8 Å². The van der Waals surface area contributed by atoms with Crippen LogP contribution in [0.2, 0.25) is 0 Å². The van der Waals surface area contributed by atoms with Gasteiger partial charge in [0.2, 0.25) is 17.6 Å². The van der Waals surface area contributed by atoms with Crippen molar-refractivity contribution in [2.45, 2.75) is 19.3 Å². The number of carbonyl (C=O) groups excluding carboxylic acids is 1. The number of benzene rings is 1. The number of aromatic nitrogens is 2. The predicted octanol–water partition coefficient (Wildman–Crippen LogP) is 2.02. The molecule has 0 spiro atoms. The molecular weight excluding hydrogens is 336 g/mol. The number of ether oxygens (including phenoxy) is 3. The first-order valence-electron chi connectivity index (χ1n) is 8.26. The number of carbonyl (C=O) groups is 1. The molecular formula is C18H22N4O4. The van der Waals surface area contributed by atoms with Gasteiger partial charge in [0, 0.05) is 24.1 Å². The lowest BCUT2D eigenvalue weighted by atomic mass is 10.1. The minimum absolute atomic E-state index is 0.0539. The molecule has 2 aromatic rings. The van der Waals surface area contributed by atoms with Gasteiger partial charge in [-0.15, -0.1) is 0 Å². The van der Waals surface area contributed by atoms with Crippen LogP contribution in [0.3, 0.4) is 0 Å². The third-order valence-electron chi connectivity index (χ3n) is 4.20. The van der Waals surface area contributed by atoms with Crippen molar-refractivity contribution in [2.24, 2.45) is 5.92 Å². The number of nitrogens with two attached hydrogens (primary N) is 1. The molecule has 1 aromatic heterocycles. The van der Waals surface area contributed by atoms with Gasteiger partial charge in [0.25, 0.3) is 0 Å². The Morgan fingerprint density at radius 1 is 1.19 bits per heavy atom. The van der Waals surface area contributed by atoms with Crippen LogP contribution in [-0.2, 0) is 11.2 Å². The van der Waals surface area contributed by atoms with Crippen LogP contribution >= 0.6 is 0 Å². The van der Waals surface area contributed by atoms with Crippen molar-refractivity contribution < 1.29 is 19.0 Å². The topological polar surface area (TPSA) is 109 Å². The summed E-state index contributed by atoms with van der Waals surface area (Å²) in [6.45, 7) is 0. The van der Waals surface area contributed by atoms with Crippen molar-refractivity contribution in [3.8, 4) is 17.2 Å². The molecule has 0 bridgehead atoms. The average Bonchev–Trinajstić information content (AvgIpc) is 3.48. The molecule has 1 amide bonds. The summed E-state index contributed by atoms with van der Waals surface area (Å²) in [4.78, 5) is 20.2. The predicted molar refractivity (Wildman–Crippen MR) is 96.7 cm³/mol. The zero-order valence-electron chi connectivity index (χ0n) is 15.0.